The molecule has 2 atom stereocenters. The second kappa shape index (κ2) is 5.74. The first-order valence-electron chi connectivity index (χ1n) is 6.12. The lowest BCUT2D eigenvalue weighted by Gasteiger charge is -2.08. The summed E-state index contributed by atoms with van der Waals surface area (Å²) in [4.78, 5) is 15.0. The van der Waals surface area contributed by atoms with Crippen molar-refractivity contribution < 1.29 is 27.1 Å². The van der Waals surface area contributed by atoms with Crippen molar-refractivity contribution in [3.8, 4) is 5.88 Å². The highest BCUT2D eigenvalue weighted by Gasteiger charge is 2.66. The third kappa shape index (κ3) is 3.73. The van der Waals surface area contributed by atoms with Crippen LogP contribution in [0.5, 0.6) is 5.88 Å². The predicted octanol–water partition coefficient (Wildman–Crippen LogP) is 2.14. The summed E-state index contributed by atoms with van der Waals surface area (Å²) in [6.07, 6.45) is 1.24. The standard InChI is InChI=1S/C12H13F4N3O2/c1-6-9(12(6,15)16)19-11(20)18-5-7-2-3-17-8(4-7)21-10(13)14/h2-4,6,9-10H,5H2,1H3,(H2,18,19,20)/t6-,9-/m1/s1. The minimum absolute atomic E-state index is 0.0272. The highest BCUT2D eigenvalue weighted by molar-refractivity contribution is 5.75. The van der Waals surface area contributed by atoms with Crippen molar-refractivity contribution in [1.29, 1.82) is 0 Å². The Balaban J connectivity index is 1.81. The van der Waals surface area contributed by atoms with Crippen LogP contribution in [-0.2, 0) is 6.54 Å². The van der Waals surface area contributed by atoms with Crippen LogP contribution in [0.1, 0.15) is 12.5 Å². The number of amides is 2. The van der Waals surface area contributed by atoms with Gasteiger partial charge in [-0.1, -0.05) is 6.92 Å². The summed E-state index contributed by atoms with van der Waals surface area (Å²) in [5.74, 6) is -4.06. The Bertz CT molecular complexity index is 527. The number of carbonyl (C=O) groups excluding carboxylic acids is 1. The molecule has 2 N–H and O–H groups in total. The van der Waals surface area contributed by atoms with Crippen molar-refractivity contribution in [3.63, 3.8) is 0 Å². The molecule has 0 aliphatic heterocycles. The van der Waals surface area contributed by atoms with E-state index in [9.17, 15) is 22.4 Å². The van der Waals surface area contributed by atoms with E-state index in [1.54, 1.807) is 0 Å². The zero-order chi connectivity index (χ0) is 15.6. The van der Waals surface area contributed by atoms with Gasteiger partial charge in [-0.25, -0.2) is 18.6 Å². The molecule has 1 saturated carbocycles. The monoisotopic (exact) mass is 307 g/mol. The Morgan fingerprint density at radius 3 is 2.76 bits per heavy atom. The van der Waals surface area contributed by atoms with E-state index < -0.39 is 30.5 Å². The number of aromatic nitrogens is 1. The fourth-order valence-electron chi connectivity index (χ4n) is 1.79. The van der Waals surface area contributed by atoms with Crippen LogP contribution in [-0.4, -0.2) is 29.6 Å². The number of hydrogen-bond acceptors (Lipinski definition) is 3. The Labute approximate surface area is 117 Å². The Morgan fingerprint density at radius 2 is 2.19 bits per heavy atom. The van der Waals surface area contributed by atoms with Gasteiger partial charge in [-0.15, -0.1) is 0 Å². The van der Waals surface area contributed by atoms with Crippen molar-refractivity contribution in [2.24, 2.45) is 5.92 Å². The second-order valence-electron chi connectivity index (χ2n) is 4.65. The third-order valence-corrected chi connectivity index (χ3v) is 3.16. The number of ether oxygens (including phenoxy) is 1. The molecule has 0 bridgehead atoms. The molecule has 0 saturated heterocycles. The van der Waals surface area contributed by atoms with E-state index in [1.165, 1.54) is 25.3 Å². The van der Waals surface area contributed by atoms with Gasteiger partial charge in [0.15, 0.2) is 0 Å². The van der Waals surface area contributed by atoms with Gasteiger partial charge in [0.2, 0.25) is 5.88 Å². The summed E-state index contributed by atoms with van der Waals surface area (Å²) in [5, 5.41) is 4.50. The maximum Gasteiger partial charge on any atom is 0.388 e. The molecule has 1 fully saturated rings. The number of alkyl halides is 4. The summed E-state index contributed by atoms with van der Waals surface area (Å²) in [5.41, 5.74) is 0.450. The third-order valence-electron chi connectivity index (χ3n) is 3.16. The molecule has 0 radical (unpaired) electrons. The Morgan fingerprint density at radius 1 is 1.52 bits per heavy atom. The van der Waals surface area contributed by atoms with E-state index >= 15 is 0 Å². The quantitative estimate of drug-likeness (QED) is 0.819. The number of pyridine rings is 1. The number of halogens is 4. The molecule has 0 unspecified atom stereocenters. The summed E-state index contributed by atoms with van der Waals surface area (Å²) in [7, 11) is 0. The van der Waals surface area contributed by atoms with Gasteiger partial charge in [0.1, 0.15) is 6.04 Å². The van der Waals surface area contributed by atoms with Gasteiger partial charge < -0.3 is 15.4 Å². The maximum absolute atomic E-state index is 12.9. The fourth-order valence-corrected chi connectivity index (χ4v) is 1.79. The Hall–Kier alpha value is -2.06. The molecule has 1 aromatic heterocycles. The van der Waals surface area contributed by atoms with Crippen molar-refractivity contribution in [1.82, 2.24) is 15.6 Å². The van der Waals surface area contributed by atoms with E-state index in [0.29, 0.717) is 5.56 Å². The summed E-state index contributed by atoms with van der Waals surface area (Å²) in [6, 6.07) is 0.776. The summed E-state index contributed by atoms with van der Waals surface area (Å²) >= 11 is 0. The van der Waals surface area contributed by atoms with Crippen LogP contribution >= 0.6 is 0 Å². The van der Waals surface area contributed by atoms with Crippen molar-refractivity contribution in [2.45, 2.75) is 32.0 Å². The molecule has 5 nitrogen and oxygen atoms in total. The zero-order valence-corrected chi connectivity index (χ0v) is 10.9. The normalized spacial score (nSPS) is 22.8. The van der Waals surface area contributed by atoms with Crippen LogP contribution in [0.3, 0.4) is 0 Å². The van der Waals surface area contributed by atoms with Crippen molar-refractivity contribution in [2.75, 3.05) is 0 Å². The minimum atomic E-state index is -3.00. The average Bonchev–Trinajstić information content (AvgIpc) is 2.86. The molecule has 116 valence electrons. The molecule has 1 aliphatic carbocycles. The molecule has 1 aliphatic rings. The molecule has 0 spiro atoms. The van der Waals surface area contributed by atoms with Crippen LogP contribution in [0.15, 0.2) is 18.3 Å². The van der Waals surface area contributed by atoms with Crippen molar-refractivity contribution in [3.05, 3.63) is 23.9 Å². The van der Waals surface area contributed by atoms with E-state index in [-0.39, 0.29) is 12.4 Å². The van der Waals surface area contributed by atoms with E-state index in [1.807, 2.05) is 0 Å². The van der Waals surface area contributed by atoms with Gasteiger partial charge in [-0.3, -0.25) is 0 Å². The van der Waals surface area contributed by atoms with Crippen LogP contribution in [0, 0.1) is 5.92 Å². The van der Waals surface area contributed by atoms with Crippen molar-refractivity contribution >= 4 is 6.03 Å². The number of hydrogen-bond donors (Lipinski definition) is 2. The fraction of sp³-hybridized carbons (Fsp3) is 0.500. The van der Waals surface area contributed by atoms with Gasteiger partial charge in [0.25, 0.3) is 5.92 Å². The molecule has 21 heavy (non-hydrogen) atoms. The average molecular weight is 307 g/mol. The van der Waals surface area contributed by atoms with Gasteiger partial charge in [0, 0.05) is 24.7 Å². The topological polar surface area (TPSA) is 63.2 Å². The number of carbonyl (C=O) groups is 1. The minimum Gasteiger partial charge on any atom is -0.417 e. The van der Waals surface area contributed by atoms with Crippen LogP contribution in [0.2, 0.25) is 0 Å². The largest absolute Gasteiger partial charge is 0.417 e. The van der Waals surface area contributed by atoms with E-state index in [0.717, 1.165) is 0 Å². The Kier molecular flexibility index (Phi) is 4.19. The van der Waals surface area contributed by atoms with E-state index in [2.05, 4.69) is 20.4 Å². The lowest BCUT2D eigenvalue weighted by molar-refractivity contribution is -0.0529. The van der Waals surface area contributed by atoms with Crippen LogP contribution < -0.4 is 15.4 Å². The smallest absolute Gasteiger partial charge is 0.388 e. The van der Waals surface area contributed by atoms with Gasteiger partial charge in [-0.05, 0) is 11.6 Å². The van der Waals surface area contributed by atoms with Gasteiger partial charge >= 0.3 is 12.6 Å². The first-order valence-corrected chi connectivity index (χ1v) is 6.12. The summed E-state index contributed by atoms with van der Waals surface area (Å²) < 4.78 is 54.0. The van der Waals surface area contributed by atoms with Crippen LogP contribution in [0.25, 0.3) is 0 Å². The molecule has 2 rings (SSSR count). The van der Waals surface area contributed by atoms with Gasteiger partial charge in [0.05, 0.1) is 0 Å². The molecule has 2 amide bonds. The number of rotatable bonds is 5. The molecular formula is C12H13F4N3O2. The lowest BCUT2D eigenvalue weighted by atomic mass is 10.2. The number of nitrogens with zero attached hydrogens (tertiary/aromatic N) is 1. The number of urea groups is 1. The predicted molar refractivity (Wildman–Crippen MR) is 64.1 cm³/mol. The SMILES string of the molecule is C[C@@H]1[C@@H](NC(=O)NCc2ccnc(OC(F)F)c2)C1(F)F. The highest BCUT2D eigenvalue weighted by Crippen LogP contribution is 2.48. The second-order valence-corrected chi connectivity index (χ2v) is 4.65. The zero-order valence-electron chi connectivity index (χ0n) is 10.9. The highest BCUT2D eigenvalue weighted by atomic mass is 19.3. The molecular weight excluding hydrogens is 294 g/mol. The molecule has 0 aromatic carbocycles. The lowest BCUT2D eigenvalue weighted by Crippen LogP contribution is -2.38. The first-order chi connectivity index (χ1) is 9.80. The molecule has 1 heterocycles. The molecule has 9 heteroatoms. The van der Waals surface area contributed by atoms with Crippen LogP contribution in [0.4, 0.5) is 22.4 Å². The van der Waals surface area contributed by atoms with Gasteiger partial charge in [-0.2, -0.15) is 8.78 Å². The van der Waals surface area contributed by atoms with E-state index in [4.69, 9.17) is 0 Å². The first kappa shape index (κ1) is 15.3. The summed E-state index contributed by atoms with van der Waals surface area (Å²) in [6.45, 7) is -1.69. The number of nitrogens with one attached hydrogen (secondary N) is 2. The maximum atomic E-state index is 12.9. The molecule has 1 aromatic rings.